The van der Waals surface area contributed by atoms with E-state index in [0.717, 1.165) is 25.9 Å². The van der Waals surface area contributed by atoms with E-state index >= 15 is 0 Å². The van der Waals surface area contributed by atoms with Crippen molar-refractivity contribution in [2.45, 2.75) is 18.9 Å². The Hall–Kier alpha value is -1.03. The van der Waals surface area contributed by atoms with Gasteiger partial charge in [0.1, 0.15) is 0 Å². The average Bonchev–Trinajstić information content (AvgIpc) is 2.26. The van der Waals surface area contributed by atoms with E-state index in [1.165, 1.54) is 13.2 Å². The van der Waals surface area contributed by atoms with Crippen LogP contribution in [0.2, 0.25) is 0 Å². The number of carbonyl (C=O) groups excluding carboxylic acids is 1. The van der Waals surface area contributed by atoms with Gasteiger partial charge in [0.15, 0.2) is 0 Å². The minimum Gasteiger partial charge on any atom is -0.466 e. The summed E-state index contributed by atoms with van der Waals surface area (Å²) in [6, 6.07) is 0.539. The third-order valence-corrected chi connectivity index (χ3v) is 2.53. The van der Waals surface area contributed by atoms with E-state index in [-0.39, 0.29) is 5.97 Å². The maximum Gasteiger partial charge on any atom is 0.331 e. The van der Waals surface area contributed by atoms with Crippen LogP contribution < -0.4 is 5.32 Å². The number of rotatable bonds is 3. The van der Waals surface area contributed by atoms with Crippen molar-refractivity contribution in [2.75, 3.05) is 27.2 Å². The molecule has 0 atom stereocenters. The minimum atomic E-state index is -0.300. The zero-order valence-electron chi connectivity index (χ0n) is 8.82. The molecular formula is C10H18N2O2. The Morgan fingerprint density at radius 2 is 2.14 bits per heavy atom. The molecule has 0 aromatic rings. The monoisotopic (exact) mass is 198 g/mol. The summed E-state index contributed by atoms with van der Waals surface area (Å²) in [6.45, 7) is 2.11. The van der Waals surface area contributed by atoms with Gasteiger partial charge in [0.2, 0.25) is 0 Å². The summed E-state index contributed by atoms with van der Waals surface area (Å²) in [7, 11) is 3.38. The Kier molecular flexibility index (Phi) is 4.46. The second-order valence-corrected chi connectivity index (χ2v) is 3.49. The molecule has 1 aliphatic rings. The number of hydrogen-bond donors (Lipinski definition) is 1. The molecule has 4 nitrogen and oxygen atoms in total. The van der Waals surface area contributed by atoms with Gasteiger partial charge >= 0.3 is 5.97 Å². The minimum absolute atomic E-state index is 0.300. The molecule has 0 unspecified atom stereocenters. The lowest BCUT2D eigenvalue weighted by molar-refractivity contribution is -0.134. The smallest absolute Gasteiger partial charge is 0.331 e. The van der Waals surface area contributed by atoms with E-state index in [0.29, 0.717) is 6.04 Å². The number of piperidine rings is 1. The highest BCUT2D eigenvalue weighted by atomic mass is 16.5. The summed E-state index contributed by atoms with van der Waals surface area (Å²) in [6.07, 6.45) is 5.51. The maximum atomic E-state index is 10.9. The molecule has 0 spiro atoms. The molecule has 1 saturated heterocycles. The summed E-state index contributed by atoms with van der Waals surface area (Å²) in [5.74, 6) is -0.300. The summed E-state index contributed by atoms with van der Waals surface area (Å²) in [5, 5.41) is 3.30. The Balaban J connectivity index is 2.35. The number of hydrogen-bond acceptors (Lipinski definition) is 4. The van der Waals surface area contributed by atoms with Crippen molar-refractivity contribution >= 4 is 5.97 Å². The van der Waals surface area contributed by atoms with Crippen LogP contribution in [0.5, 0.6) is 0 Å². The zero-order valence-corrected chi connectivity index (χ0v) is 8.82. The van der Waals surface area contributed by atoms with Crippen molar-refractivity contribution in [1.29, 1.82) is 0 Å². The number of ether oxygens (including phenoxy) is 1. The largest absolute Gasteiger partial charge is 0.466 e. The molecule has 1 fully saturated rings. The molecule has 1 aliphatic heterocycles. The van der Waals surface area contributed by atoms with Crippen LogP contribution in [0.25, 0.3) is 0 Å². The fourth-order valence-electron chi connectivity index (χ4n) is 1.58. The van der Waals surface area contributed by atoms with Crippen molar-refractivity contribution in [3.8, 4) is 0 Å². The topological polar surface area (TPSA) is 41.6 Å². The van der Waals surface area contributed by atoms with Crippen molar-refractivity contribution in [2.24, 2.45) is 0 Å². The molecule has 80 valence electrons. The van der Waals surface area contributed by atoms with E-state index < -0.39 is 0 Å². The highest BCUT2D eigenvalue weighted by molar-refractivity contribution is 5.81. The van der Waals surface area contributed by atoms with Gasteiger partial charge in [0.05, 0.1) is 7.11 Å². The van der Waals surface area contributed by atoms with Gasteiger partial charge in [0.25, 0.3) is 0 Å². The standard InChI is InChI=1S/C10H18N2O2/c1-12(8-5-10(13)14-2)9-3-6-11-7-4-9/h5,8-9,11H,3-4,6-7H2,1-2H3. The van der Waals surface area contributed by atoms with Gasteiger partial charge in [-0.1, -0.05) is 0 Å². The SMILES string of the molecule is COC(=O)C=CN(C)C1CCNCC1. The second-order valence-electron chi connectivity index (χ2n) is 3.49. The molecule has 0 amide bonds. The quantitative estimate of drug-likeness (QED) is 0.525. The Morgan fingerprint density at radius 3 is 2.71 bits per heavy atom. The molecule has 0 aliphatic carbocycles. The van der Waals surface area contributed by atoms with Gasteiger partial charge < -0.3 is 15.0 Å². The number of nitrogens with one attached hydrogen (secondary N) is 1. The molecule has 1 rings (SSSR count). The van der Waals surface area contributed by atoms with Crippen molar-refractivity contribution in [3.63, 3.8) is 0 Å². The van der Waals surface area contributed by atoms with Gasteiger partial charge in [-0.3, -0.25) is 0 Å². The van der Waals surface area contributed by atoms with E-state index in [1.807, 2.05) is 7.05 Å². The van der Waals surface area contributed by atoms with Crippen LogP contribution in [0.1, 0.15) is 12.8 Å². The van der Waals surface area contributed by atoms with E-state index in [9.17, 15) is 4.79 Å². The van der Waals surface area contributed by atoms with Crippen LogP contribution in [-0.4, -0.2) is 44.2 Å². The average molecular weight is 198 g/mol. The molecular weight excluding hydrogens is 180 g/mol. The van der Waals surface area contributed by atoms with Gasteiger partial charge in [-0.05, 0) is 25.9 Å². The highest BCUT2D eigenvalue weighted by Gasteiger charge is 2.14. The second kappa shape index (κ2) is 5.65. The van der Waals surface area contributed by atoms with Crippen LogP contribution in [0.3, 0.4) is 0 Å². The van der Waals surface area contributed by atoms with Crippen LogP contribution in [0.15, 0.2) is 12.3 Å². The normalized spacial score (nSPS) is 18.4. The summed E-state index contributed by atoms with van der Waals surface area (Å²) < 4.78 is 4.52. The Bertz CT molecular complexity index is 210. The van der Waals surface area contributed by atoms with Gasteiger partial charge in [-0.2, -0.15) is 0 Å². The zero-order chi connectivity index (χ0) is 10.4. The first-order valence-electron chi connectivity index (χ1n) is 4.93. The van der Waals surface area contributed by atoms with Crippen LogP contribution in [0.4, 0.5) is 0 Å². The van der Waals surface area contributed by atoms with Gasteiger partial charge in [-0.15, -0.1) is 0 Å². The third kappa shape index (κ3) is 3.38. The van der Waals surface area contributed by atoms with Crippen LogP contribution in [0, 0.1) is 0 Å². The highest BCUT2D eigenvalue weighted by Crippen LogP contribution is 2.09. The lowest BCUT2D eigenvalue weighted by atomic mass is 10.1. The predicted octanol–water partition coefficient (Wildman–Crippen LogP) is 0.357. The van der Waals surface area contributed by atoms with E-state index in [2.05, 4.69) is 15.0 Å². The maximum absolute atomic E-state index is 10.9. The summed E-state index contributed by atoms with van der Waals surface area (Å²) in [4.78, 5) is 12.9. The molecule has 0 saturated carbocycles. The number of carbonyl (C=O) groups is 1. The van der Waals surface area contributed by atoms with E-state index in [1.54, 1.807) is 6.20 Å². The first kappa shape index (κ1) is 11.0. The molecule has 1 heterocycles. The number of methoxy groups -OCH3 is 1. The van der Waals surface area contributed by atoms with Crippen molar-refractivity contribution in [1.82, 2.24) is 10.2 Å². The van der Waals surface area contributed by atoms with Crippen LogP contribution in [-0.2, 0) is 9.53 Å². The lowest BCUT2D eigenvalue weighted by Crippen LogP contribution is -2.38. The van der Waals surface area contributed by atoms with E-state index in [4.69, 9.17) is 0 Å². The Morgan fingerprint density at radius 1 is 1.50 bits per heavy atom. The first-order chi connectivity index (χ1) is 6.74. The molecule has 0 bridgehead atoms. The number of esters is 1. The molecule has 0 aromatic heterocycles. The van der Waals surface area contributed by atoms with Gasteiger partial charge in [0, 0.05) is 25.4 Å². The molecule has 0 aromatic carbocycles. The number of nitrogens with zero attached hydrogens (tertiary/aromatic N) is 1. The molecule has 14 heavy (non-hydrogen) atoms. The molecule has 1 N–H and O–H groups in total. The summed E-state index contributed by atoms with van der Waals surface area (Å²) in [5.41, 5.74) is 0. The molecule has 4 heteroatoms. The predicted molar refractivity (Wildman–Crippen MR) is 54.8 cm³/mol. The lowest BCUT2D eigenvalue weighted by Gasteiger charge is -2.30. The Labute approximate surface area is 84.9 Å². The van der Waals surface area contributed by atoms with Crippen LogP contribution >= 0.6 is 0 Å². The summed E-state index contributed by atoms with van der Waals surface area (Å²) >= 11 is 0. The fourth-order valence-corrected chi connectivity index (χ4v) is 1.58. The fraction of sp³-hybridized carbons (Fsp3) is 0.700. The first-order valence-corrected chi connectivity index (χ1v) is 4.93. The third-order valence-electron chi connectivity index (χ3n) is 2.53. The van der Waals surface area contributed by atoms with Gasteiger partial charge in [-0.25, -0.2) is 4.79 Å². The van der Waals surface area contributed by atoms with Crippen molar-refractivity contribution in [3.05, 3.63) is 12.3 Å². The molecule has 0 radical (unpaired) electrons. The van der Waals surface area contributed by atoms with Crippen molar-refractivity contribution < 1.29 is 9.53 Å².